The highest BCUT2D eigenvalue weighted by atomic mass is 127. The average Bonchev–Trinajstić information content (AvgIpc) is 3.11. The van der Waals surface area contributed by atoms with Gasteiger partial charge in [0, 0.05) is 45.9 Å². The number of piperidine rings is 1. The fourth-order valence-electron chi connectivity index (χ4n) is 3.00. The Balaban J connectivity index is 0.00000364. The predicted molar refractivity (Wildman–Crippen MR) is 117 cm³/mol. The summed E-state index contributed by atoms with van der Waals surface area (Å²) in [6.07, 6.45) is 3.25. The number of ether oxygens (including phenoxy) is 1. The highest BCUT2D eigenvalue weighted by molar-refractivity contribution is 14.0. The zero-order valence-electron chi connectivity index (χ0n) is 16.2. The van der Waals surface area contributed by atoms with Gasteiger partial charge in [0.05, 0.1) is 0 Å². The predicted octanol–water partition coefficient (Wildman–Crippen LogP) is 1.55. The Bertz CT molecular complexity index is 585. The largest absolute Gasteiger partial charge is 0.454 e. The van der Waals surface area contributed by atoms with E-state index in [-0.39, 0.29) is 29.7 Å². The summed E-state index contributed by atoms with van der Waals surface area (Å²) in [7, 11) is 1.75. The Labute approximate surface area is 178 Å². The molecule has 27 heavy (non-hydrogen) atoms. The maximum Gasteiger partial charge on any atom is 0.284 e. The fourth-order valence-corrected chi connectivity index (χ4v) is 3.00. The number of hydrogen-bond donors (Lipinski definition) is 3. The van der Waals surface area contributed by atoms with Crippen molar-refractivity contribution in [1.82, 2.24) is 15.5 Å². The summed E-state index contributed by atoms with van der Waals surface area (Å²) < 4.78 is 10.5. The fraction of sp³-hybridized carbons (Fsp3) is 0.667. The second-order valence-corrected chi connectivity index (χ2v) is 6.43. The van der Waals surface area contributed by atoms with Gasteiger partial charge in [0.2, 0.25) is 0 Å². The van der Waals surface area contributed by atoms with Crippen molar-refractivity contribution in [2.75, 3.05) is 39.9 Å². The van der Waals surface area contributed by atoms with Crippen LogP contribution in [0.3, 0.4) is 0 Å². The van der Waals surface area contributed by atoms with Gasteiger partial charge in [-0.1, -0.05) is 0 Å². The molecule has 0 unspecified atom stereocenters. The number of likely N-dealkylation sites (tertiary alicyclic amines) is 1. The van der Waals surface area contributed by atoms with Gasteiger partial charge in [-0.15, -0.1) is 24.0 Å². The number of carbonyl (C=O) groups is 1. The van der Waals surface area contributed by atoms with Crippen LogP contribution in [0.15, 0.2) is 21.5 Å². The van der Waals surface area contributed by atoms with Crippen LogP contribution in [-0.2, 0) is 11.3 Å². The number of amides is 1. The van der Waals surface area contributed by atoms with E-state index in [2.05, 4.69) is 20.5 Å². The highest BCUT2D eigenvalue weighted by Gasteiger charge is 2.19. The van der Waals surface area contributed by atoms with E-state index in [1.807, 2.05) is 6.92 Å². The first-order valence-electron chi connectivity index (χ1n) is 9.27. The van der Waals surface area contributed by atoms with E-state index in [0.29, 0.717) is 18.3 Å². The van der Waals surface area contributed by atoms with Crippen LogP contribution >= 0.6 is 24.0 Å². The van der Waals surface area contributed by atoms with Crippen molar-refractivity contribution >= 4 is 35.8 Å². The van der Waals surface area contributed by atoms with Crippen molar-refractivity contribution < 1.29 is 13.9 Å². The van der Waals surface area contributed by atoms with Gasteiger partial charge in [-0.3, -0.25) is 4.79 Å². The Morgan fingerprint density at radius 2 is 2.15 bits per heavy atom. The number of halogens is 1. The molecule has 1 aromatic rings. The molecule has 1 fully saturated rings. The third-order valence-electron chi connectivity index (χ3n) is 4.39. The Kier molecular flexibility index (Phi) is 11.4. The maximum atomic E-state index is 11.1. The molecule has 1 saturated heterocycles. The molecule has 0 aliphatic carbocycles. The molecule has 154 valence electrons. The van der Waals surface area contributed by atoms with E-state index in [9.17, 15) is 4.79 Å². The molecule has 0 saturated carbocycles. The van der Waals surface area contributed by atoms with Crippen LogP contribution in [0.2, 0.25) is 0 Å². The zero-order valence-corrected chi connectivity index (χ0v) is 18.5. The maximum absolute atomic E-state index is 11.1. The summed E-state index contributed by atoms with van der Waals surface area (Å²) in [5, 5.41) is 6.76. The molecule has 2 heterocycles. The number of hydrogen-bond acceptors (Lipinski definition) is 5. The van der Waals surface area contributed by atoms with E-state index >= 15 is 0 Å². The van der Waals surface area contributed by atoms with Crippen LogP contribution in [-0.4, -0.2) is 62.7 Å². The molecular formula is C18H32IN5O3. The lowest BCUT2D eigenvalue weighted by atomic mass is 10.1. The normalized spacial score (nSPS) is 16.0. The van der Waals surface area contributed by atoms with Gasteiger partial charge in [0.15, 0.2) is 11.7 Å². The van der Waals surface area contributed by atoms with Gasteiger partial charge < -0.3 is 30.4 Å². The van der Waals surface area contributed by atoms with Crippen molar-refractivity contribution in [3.8, 4) is 0 Å². The van der Waals surface area contributed by atoms with Crippen molar-refractivity contribution in [3.63, 3.8) is 0 Å². The molecule has 0 bridgehead atoms. The minimum atomic E-state index is -0.567. The van der Waals surface area contributed by atoms with Gasteiger partial charge in [-0.05, 0) is 38.3 Å². The molecule has 1 aliphatic rings. The van der Waals surface area contributed by atoms with Crippen LogP contribution in [0.25, 0.3) is 0 Å². The number of nitrogens with zero attached hydrogens (tertiary/aromatic N) is 2. The molecule has 2 rings (SSSR count). The Hall–Kier alpha value is -1.33. The van der Waals surface area contributed by atoms with Gasteiger partial charge >= 0.3 is 0 Å². The smallest absolute Gasteiger partial charge is 0.284 e. The van der Waals surface area contributed by atoms with E-state index in [4.69, 9.17) is 14.9 Å². The van der Waals surface area contributed by atoms with Crippen molar-refractivity contribution in [1.29, 1.82) is 0 Å². The first-order valence-corrected chi connectivity index (χ1v) is 9.27. The monoisotopic (exact) mass is 493 g/mol. The lowest BCUT2D eigenvalue weighted by Crippen LogP contribution is -2.48. The minimum absolute atomic E-state index is 0. The van der Waals surface area contributed by atoms with Gasteiger partial charge in [-0.2, -0.15) is 0 Å². The SMILES string of the molecule is CCNC(=NCc1ccc(C(N)=O)o1)NC1CCN(CCCOC)CC1.I. The molecule has 8 nitrogen and oxygen atoms in total. The molecule has 0 aromatic carbocycles. The number of nitrogens with one attached hydrogen (secondary N) is 2. The first-order chi connectivity index (χ1) is 12.6. The lowest BCUT2D eigenvalue weighted by molar-refractivity contribution is 0.0972. The minimum Gasteiger partial charge on any atom is -0.454 e. The van der Waals surface area contributed by atoms with Crippen LogP contribution in [0.1, 0.15) is 42.5 Å². The number of carbonyl (C=O) groups excluding carboxylic acids is 1. The molecular weight excluding hydrogens is 461 g/mol. The van der Waals surface area contributed by atoms with Crippen molar-refractivity contribution in [2.45, 2.75) is 38.8 Å². The summed E-state index contributed by atoms with van der Waals surface area (Å²) in [4.78, 5) is 18.1. The molecule has 9 heteroatoms. The van der Waals surface area contributed by atoms with Gasteiger partial charge in [0.25, 0.3) is 5.91 Å². The van der Waals surface area contributed by atoms with Gasteiger partial charge in [0.1, 0.15) is 12.3 Å². The third kappa shape index (κ3) is 8.48. The van der Waals surface area contributed by atoms with Crippen LogP contribution in [0.4, 0.5) is 0 Å². The number of primary amides is 1. The zero-order chi connectivity index (χ0) is 18.8. The molecule has 0 spiro atoms. The number of guanidine groups is 1. The third-order valence-corrected chi connectivity index (χ3v) is 4.39. The average molecular weight is 493 g/mol. The lowest BCUT2D eigenvalue weighted by Gasteiger charge is -2.33. The first kappa shape index (κ1) is 23.7. The number of methoxy groups -OCH3 is 1. The molecule has 0 radical (unpaired) electrons. The number of furan rings is 1. The van der Waals surface area contributed by atoms with E-state index in [0.717, 1.165) is 58.0 Å². The Morgan fingerprint density at radius 3 is 2.74 bits per heavy atom. The van der Waals surface area contributed by atoms with E-state index in [1.165, 1.54) is 0 Å². The molecule has 1 aromatic heterocycles. The summed E-state index contributed by atoms with van der Waals surface area (Å²) >= 11 is 0. The standard InChI is InChI=1S/C18H31N5O3.HI/c1-3-20-18(21-13-15-5-6-16(26-15)17(19)24)22-14-7-10-23(11-8-14)9-4-12-25-2;/h5-6,14H,3-4,7-13H2,1-2H3,(H2,19,24)(H2,20,21,22);1H. The number of nitrogens with two attached hydrogens (primary N) is 1. The summed E-state index contributed by atoms with van der Waals surface area (Å²) in [5.74, 6) is 0.975. The summed E-state index contributed by atoms with van der Waals surface area (Å²) in [6, 6.07) is 3.71. The van der Waals surface area contributed by atoms with E-state index in [1.54, 1.807) is 19.2 Å². The topological polar surface area (TPSA) is 105 Å². The van der Waals surface area contributed by atoms with E-state index < -0.39 is 5.91 Å². The summed E-state index contributed by atoms with van der Waals surface area (Å²) in [6.45, 7) is 7.26. The summed E-state index contributed by atoms with van der Waals surface area (Å²) in [5.41, 5.74) is 5.20. The highest BCUT2D eigenvalue weighted by Crippen LogP contribution is 2.11. The number of aliphatic imine (C=N–C) groups is 1. The van der Waals surface area contributed by atoms with Crippen LogP contribution in [0.5, 0.6) is 0 Å². The number of rotatable bonds is 9. The van der Waals surface area contributed by atoms with Crippen LogP contribution in [0, 0.1) is 0 Å². The van der Waals surface area contributed by atoms with Crippen LogP contribution < -0.4 is 16.4 Å². The molecule has 1 amide bonds. The molecule has 4 N–H and O–H groups in total. The van der Waals surface area contributed by atoms with Gasteiger partial charge in [-0.25, -0.2) is 4.99 Å². The second-order valence-electron chi connectivity index (χ2n) is 6.43. The molecule has 1 aliphatic heterocycles. The Morgan fingerprint density at radius 1 is 1.41 bits per heavy atom. The van der Waals surface area contributed by atoms with Crippen molar-refractivity contribution in [3.05, 3.63) is 23.7 Å². The molecule has 0 atom stereocenters. The second kappa shape index (κ2) is 12.9. The van der Waals surface area contributed by atoms with Crippen molar-refractivity contribution in [2.24, 2.45) is 10.7 Å². The quantitative estimate of drug-likeness (QED) is 0.209.